The lowest BCUT2D eigenvalue weighted by Crippen LogP contribution is -2.54. The van der Waals surface area contributed by atoms with Crippen LogP contribution in [0.3, 0.4) is 0 Å². The molecular formula is C45H59FN4O5. The Balaban J connectivity index is 0.760. The van der Waals surface area contributed by atoms with Crippen LogP contribution in [0.2, 0.25) is 0 Å². The summed E-state index contributed by atoms with van der Waals surface area (Å²) in [5.41, 5.74) is 1.77. The first-order valence-electron chi connectivity index (χ1n) is 21.2. The van der Waals surface area contributed by atoms with E-state index in [1.165, 1.54) is 51.0 Å². The number of hydrogen-bond acceptors (Lipinski definition) is 6. The zero-order valence-corrected chi connectivity index (χ0v) is 32.7. The first-order chi connectivity index (χ1) is 26.5. The number of benzene rings is 2. The highest BCUT2D eigenvalue weighted by Crippen LogP contribution is 2.66. The molecule has 2 amide bonds. The summed E-state index contributed by atoms with van der Waals surface area (Å²) in [6.45, 7) is 7.42. The Kier molecular flexibility index (Phi) is 10.9. The predicted octanol–water partition coefficient (Wildman–Crippen LogP) is 7.29. The summed E-state index contributed by atoms with van der Waals surface area (Å²) in [5, 5.41) is 18.4. The second-order valence-electron chi connectivity index (χ2n) is 18.1. The minimum atomic E-state index is -0.581. The number of halogens is 1. The Morgan fingerprint density at radius 3 is 2.45 bits per heavy atom. The highest BCUT2D eigenvalue weighted by Gasteiger charge is 2.60. The van der Waals surface area contributed by atoms with E-state index in [0.717, 1.165) is 67.4 Å². The number of H-pyrrole nitrogens is 1. The van der Waals surface area contributed by atoms with Crippen molar-refractivity contribution < 1.29 is 23.8 Å². The first-order valence-corrected chi connectivity index (χ1v) is 21.2. The molecule has 0 bridgehead atoms. The molecule has 5 fully saturated rings. The van der Waals surface area contributed by atoms with Crippen molar-refractivity contribution in [3.05, 3.63) is 75.5 Å². The standard InChI is InChI=1S/C45H59FN4O5/c1-44-19-17-31(51)28-30(44)12-13-34-36-14-16-40(45(36,2)20-18-37(34)44)55-25-7-3-4-10-41(52)49-21-23-50(24-22-49)43(54)35-26-29(11-15-38(35)46)27-39-32-8-5-6-9-33(32)42(53)48-47-39/h5-6,8-9,11,15,26,30-31,34,36-37,40,51H,3-4,7,10,12-14,16-25,27-28H2,1-2H3,(H,48,53)/t30-,31+,34-,36-,37-,40-,44-,45-/m0/s1. The molecule has 8 rings (SSSR count). The number of aliphatic hydroxyl groups excluding tert-OH is 1. The van der Waals surface area contributed by atoms with E-state index in [9.17, 15) is 23.9 Å². The molecule has 2 heterocycles. The minimum absolute atomic E-state index is 0.00507. The lowest BCUT2D eigenvalue weighted by Gasteiger charge is -2.60. The fourth-order valence-corrected chi connectivity index (χ4v) is 12.1. The molecule has 0 spiro atoms. The van der Waals surface area contributed by atoms with E-state index >= 15 is 0 Å². The van der Waals surface area contributed by atoms with Crippen molar-refractivity contribution in [1.29, 1.82) is 0 Å². The van der Waals surface area contributed by atoms with E-state index in [-0.39, 0.29) is 34.5 Å². The Bertz CT molecular complexity index is 1940. The van der Waals surface area contributed by atoms with Crippen LogP contribution in [-0.2, 0) is 16.0 Å². The van der Waals surface area contributed by atoms with Gasteiger partial charge in [-0.3, -0.25) is 14.4 Å². The molecule has 296 valence electrons. The van der Waals surface area contributed by atoms with Crippen molar-refractivity contribution in [3.8, 4) is 0 Å². The third-order valence-corrected chi connectivity index (χ3v) is 15.2. The van der Waals surface area contributed by atoms with Gasteiger partial charge in [-0.15, -0.1) is 0 Å². The molecule has 3 aromatic rings. The third-order valence-electron chi connectivity index (χ3n) is 15.2. The van der Waals surface area contributed by atoms with E-state index in [4.69, 9.17) is 4.74 Å². The highest BCUT2D eigenvalue weighted by molar-refractivity contribution is 5.95. The second-order valence-corrected chi connectivity index (χ2v) is 18.1. The predicted molar refractivity (Wildman–Crippen MR) is 210 cm³/mol. The summed E-state index contributed by atoms with van der Waals surface area (Å²) in [4.78, 5) is 42.2. The molecule has 2 N–H and O–H groups in total. The van der Waals surface area contributed by atoms with Gasteiger partial charge in [-0.1, -0.05) is 44.5 Å². The SMILES string of the molecule is C[C@]12CC[C@@H](O)C[C@@H]1CC[C@@H]1[C@@H]2CC[C@]2(C)[C@@H](OCCCCCC(=O)N3CCN(C(=O)c4cc(Cc5n[nH]c(=O)c6ccccc56)ccc4F)CC3)CC[C@@H]12. The van der Waals surface area contributed by atoms with Crippen LogP contribution in [0.1, 0.15) is 119 Å². The lowest BCUT2D eigenvalue weighted by molar-refractivity contribution is -0.141. The van der Waals surface area contributed by atoms with E-state index in [0.29, 0.717) is 67.5 Å². The van der Waals surface area contributed by atoms with Gasteiger partial charge in [0.05, 0.1) is 28.9 Å². The van der Waals surface area contributed by atoms with E-state index in [2.05, 4.69) is 24.0 Å². The number of fused-ring (bicyclic) bond motifs is 6. The number of aliphatic hydroxyl groups is 1. The Morgan fingerprint density at radius 2 is 1.64 bits per heavy atom. The monoisotopic (exact) mass is 754 g/mol. The van der Waals surface area contributed by atoms with Gasteiger partial charge in [0.25, 0.3) is 11.5 Å². The lowest BCUT2D eigenvalue weighted by atomic mass is 9.45. The molecule has 0 radical (unpaired) electrons. The van der Waals surface area contributed by atoms with Crippen LogP contribution in [-0.4, -0.2) is 81.9 Å². The number of aromatic amines is 1. The molecule has 10 heteroatoms. The summed E-state index contributed by atoms with van der Waals surface area (Å²) < 4.78 is 21.6. The van der Waals surface area contributed by atoms with Crippen LogP contribution < -0.4 is 5.56 Å². The van der Waals surface area contributed by atoms with Crippen LogP contribution in [0, 0.1) is 40.3 Å². The Morgan fingerprint density at radius 1 is 0.891 bits per heavy atom. The van der Waals surface area contributed by atoms with Gasteiger partial charge in [0.15, 0.2) is 0 Å². The van der Waals surface area contributed by atoms with Gasteiger partial charge in [0.2, 0.25) is 5.91 Å². The van der Waals surface area contributed by atoms with Gasteiger partial charge in [-0.25, -0.2) is 9.49 Å². The van der Waals surface area contributed by atoms with Crippen LogP contribution in [0.4, 0.5) is 4.39 Å². The van der Waals surface area contributed by atoms with Gasteiger partial charge in [-0.05, 0) is 129 Å². The number of rotatable bonds is 10. The molecule has 55 heavy (non-hydrogen) atoms. The summed E-state index contributed by atoms with van der Waals surface area (Å²) in [6, 6.07) is 11.7. The zero-order valence-electron chi connectivity index (χ0n) is 32.7. The highest BCUT2D eigenvalue weighted by atomic mass is 19.1. The minimum Gasteiger partial charge on any atom is -0.393 e. The number of aromatic nitrogens is 2. The van der Waals surface area contributed by atoms with E-state index in [1.807, 2.05) is 17.0 Å². The summed E-state index contributed by atoms with van der Waals surface area (Å²) in [6.07, 6.45) is 14.6. The van der Waals surface area contributed by atoms with E-state index < -0.39 is 5.82 Å². The van der Waals surface area contributed by atoms with Crippen LogP contribution in [0.5, 0.6) is 0 Å². The molecule has 1 saturated heterocycles. The van der Waals surface area contributed by atoms with Crippen molar-refractivity contribution in [2.75, 3.05) is 32.8 Å². The van der Waals surface area contributed by atoms with Gasteiger partial charge in [0.1, 0.15) is 5.82 Å². The molecule has 4 aliphatic carbocycles. The maximum absolute atomic E-state index is 15.0. The average molecular weight is 755 g/mol. The number of unbranched alkanes of at least 4 members (excludes halogenated alkanes) is 2. The number of nitrogens with one attached hydrogen (secondary N) is 1. The molecule has 9 nitrogen and oxygen atoms in total. The number of hydrogen-bond donors (Lipinski definition) is 2. The van der Waals surface area contributed by atoms with Crippen molar-refractivity contribution in [3.63, 3.8) is 0 Å². The number of piperazine rings is 1. The van der Waals surface area contributed by atoms with Crippen LogP contribution in [0.15, 0.2) is 47.3 Å². The summed E-state index contributed by atoms with van der Waals surface area (Å²) in [5.74, 6) is 2.21. The van der Waals surface area contributed by atoms with Crippen molar-refractivity contribution in [2.45, 2.75) is 116 Å². The molecule has 5 aliphatic rings. The van der Waals surface area contributed by atoms with Crippen LogP contribution >= 0.6 is 0 Å². The topological polar surface area (TPSA) is 116 Å². The first kappa shape index (κ1) is 38.3. The molecule has 1 aliphatic heterocycles. The number of nitrogens with zero attached hydrogens (tertiary/aromatic N) is 3. The summed E-state index contributed by atoms with van der Waals surface area (Å²) >= 11 is 0. The van der Waals surface area contributed by atoms with Gasteiger partial charge in [-0.2, -0.15) is 5.10 Å². The quantitative estimate of drug-likeness (QED) is 0.210. The van der Waals surface area contributed by atoms with Crippen LogP contribution in [0.25, 0.3) is 10.8 Å². The largest absolute Gasteiger partial charge is 0.393 e. The number of amides is 2. The molecule has 8 atom stereocenters. The number of carbonyl (C=O) groups excluding carboxylic acids is 2. The number of ether oxygens (including phenoxy) is 1. The van der Waals surface area contributed by atoms with Gasteiger partial charge >= 0.3 is 0 Å². The Labute approximate surface area is 324 Å². The van der Waals surface area contributed by atoms with Crippen molar-refractivity contribution in [1.82, 2.24) is 20.0 Å². The molecule has 1 aromatic heterocycles. The fourth-order valence-electron chi connectivity index (χ4n) is 12.1. The summed E-state index contributed by atoms with van der Waals surface area (Å²) in [7, 11) is 0. The fraction of sp³-hybridized carbons (Fsp3) is 0.644. The normalized spacial score (nSPS) is 31.9. The maximum atomic E-state index is 15.0. The smallest absolute Gasteiger partial charge is 0.272 e. The Hall–Kier alpha value is -3.63. The van der Waals surface area contributed by atoms with E-state index in [1.54, 1.807) is 29.2 Å². The molecule has 2 aromatic carbocycles. The zero-order chi connectivity index (χ0) is 38.3. The third kappa shape index (κ3) is 7.38. The molecular weight excluding hydrogens is 696 g/mol. The maximum Gasteiger partial charge on any atom is 0.272 e. The second kappa shape index (κ2) is 15.7. The van der Waals surface area contributed by atoms with Gasteiger partial charge in [0, 0.05) is 51.0 Å². The van der Waals surface area contributed by atoms with Gasteiger partial charge < -0.3 is 19.6 Å². The van der Waals surface area contributed by atoms with Crippen molar-refractivity contribution in [2.24, 2.45) is 34.5 Å². The number of carbonyl (C=O) groups is 2. The van der Waals surface area contributed by atoms with Crippen molar-refractivity contribution >= 4 is 22.6 Å². The molecule has 4 saturated carbocycles. The average Bonchev–Trinajstić information content (AvgIpc) is 3.54. The molecule has 0 unspecified atom stereocenters.